The molecule has 17 nitrogen and oxygen atoms in total. The van der Waals surface area contributed by atoms with Gasteiger partial charge in [-0.2, -0.15) is 0 Å². The summed E-state index contributed by atoms with van der Waals surface area (Å²) in [6.07, 6.45) is 70.7. The minimum absolute atomic E-state index is 0.109. The lowest BCUT2D eigenvalue weighted by Gasteiger charge is -2.21. The normalized spacial score (nSPS) is 13.8. The fourth-order valence-electron chi connectivity index (χ4n) is 13.3. The van der Waals surface area contributed by atoms with Crippen LogP contribution in [0.3, 0.4) is 0 Å². The molecule has 104 heavy (non-hydrogen) atoms. The van der Waals surface area contributed by atoms with Crippen LogP contribution in [0.5, 0.6) is 0 Å². The van der Waals surface area contributed by atoms with Crippen LogP contribution < -0.4 is 0 Å². The van der Waals surface area contributed by atoms with E-state index in [-0.39, 0.29) is 25.7 Å². The zero-order valence-corrected chi connectivity index (χ0v) is 70.0. The second kappa shape index (κ2) is 77.8. The third-order valence-corrected chi connectivity index (χ3v) is 21.9. The van der Waals surface area contributed by atoms with E-state index in [2.05, 4.69) is 34.6 Å². The number of unbranched alkanes of at least 4 members (excludes halogenated alkanes) is 57. The topological polar surface area (TPSA) is 237 Å². The highest BCUT2D eigenvalue weighted by Gasteiger charge is 2.30. The van der Waals surface area contributed by atoms with Gasteiger partial charge in [-0.15, -0.1) is 0 Å². The van der Waals surface area contributed by atoms with Crippen LogP contribution in [0.4, 0.5) is 0 Å². The van der Waals surface area contributed by atoms with Gasteiger partial charge in [0.05, 0.1) is 26.4 Å². The summed E-state index contributed by atoms with van der Waals surface area (Å²) in [6.45, 7) is 7.40. The Morgan fingerprint density at radius 3 is 0.654 bits per heavy atom. The SMILES string of the molecule is CCCCCCCCCCCCCCCCCCCCCC(=O)OC[C@H](COP(=O)(O)OC[C@@H](O)COP(=O)(O)OC[C@@H](COC(=O)CCCCCCCCCCCCCCC)OC(=O)CCCCCCCCCCCCCCC)OC(=O)CCCCCCCCCCCCCCCCCCC(C)C. The highest BCUT2D eigenvalue weighted by atomic mass is 31.2. The quantitative estimate of drug-likeness (QED) is 0.0222. The molecule has 0 aliphatic rings. The van der Waals surface area contributed by atoms with Gasteiger partial charge >= 0.3 is 39.5 Å². The van der Waals surface area contributed by atoms with Gasteiger partial charge in [0, 0.05) is 25.7 Å². The van der Waals surface area contributed by atoms with Gasteiger partial charge in [-0.1, -0.05) is 407 Å². The number of esters is 4. The maximum absolute atomic E-state index is 13.1. The Morgan fingerprint density at radius 1 is 0.260 bits per heavy atom. The van der Waals surface area contributed by atoms with Crippen LogP contribution in [-0.4, -0.2) is 96.7 Å². The molecular formula is C85H166O17P2. The lowest BCUT2D eigenvalue weighted by molar-refractivity contribution is -0.161. The highest BCUT2D eigenvalue weighted by molar-refractivity contribution is 7.47. The third kappa shape index (κ3) is 78.2. The van der Waals surface area contributed by atoms with Crippen molar-refractivity contribution < 1.29 is 80.2 Å². The Bertz CT molecular complexity index is 1980. The molecule has 0 saturated heterocycles. The van der Waals surface area contributed by atoms with Gasteiger partial charge in [0.25, 0.3) is 0 Å². The molecule has 0 aromatic carbocycles. The first-order chi connectivity index (χ1) is 50.5. The van der Waals surface area contributed by atoms with Crippen molar-refractivity contribution in [3.63, 3.8) is 0 Å². The van der Waals surface area contributed by atoms with Crippen molar-refractivity contribution in [1.82, 2.24) is 0 Å². The summed E-state index contributed by atoms with van der Waals surface area (Å²) >= 11 is 0. The minimum Gasteiger partial charge on any atom is -0.462 e. The summed E-state index contributed by atoms with van der Waals surface area (Å²) in [6, 6.07) is 0. The number of rotatable bonds is 85. The predicted octanol–water partition coefficient (Wildman–Crippen LogP) is 26.0. The van der Waals surface area contributed by atoms with Crippen molar-refractivity contribution in [3.8, 4) is 0 Å². The van der Waals surface area contributed by atoms with Crippen molar-refractivity contribution >= 4 is 39.5 Å². The maximum Gasteiger partial charge on any atom is 0.472 e. The van der Waals surface area contributed by atoms with Crippen molar-refractivity contribution in [2.75, 3.05) is 39.6 Å². The summed E-state index contributed by atoms with van der Waals surface area (Å²) < 4.78 is 68.9. The number of hydrogen-bond donors (Lipinski definition) is 3. The number of hydrogen-bond acceptors (Lipinski definition) is 15. The average molecular weight is 1520 g/mol. The average Bonchev–Trinajstić information content (AvgIpc) is 0.903. The number of aliphatic hydroxyl groups is 1. The third-order valence-electron chi connectivity index (χ3n) is 20.0. The Kier molecular flexibility index (Phi) is 76.3. The Labute approximate surface area is 638 Å². The monoisotopic (exact) mass is 1520 g/mol. The van der Waals surface area contributed by atoms with Crippen LogP contribution in [-0.2, 0) is 65.4 Å². The van der Waals surface area contributed by atoms with E-state index in [1.54, 1.807) is 0 Å². The van der Waals surface area contributed by atoms with E-state index in [4.69, 9.17) is 37.0 Å². The summed E-state index contributed by atoms with van der Waals surface area (Å²) in [5.41, 5.74) is 0. The maximum atomic E-state index is 13.1. The van der Waals surface area contributed by atoms with Crippen LogP contribution in [0, 0.1) is 5.92 Å². The molecule has 0 aromatic rings. The number of phosphoric acid groups is 2. The van der Waals surface area contributed by atoms with E-state index in [0.29, 0.717) is 25.7 Å². The van der Waals surface area contributed by atoms with E-state index in [1.165, 1.54) is 283 Å². The van der Waals surface area contributed by atoms with E-state index in [0.717, 1.165) is 95.8 Å². The van der Waals surface area contributed by atoms with Crippen LogP contribution in [0.2, 0.25) is 0 Å². The molecule has 0 bridgehead atoms. The number of aliphatic hydroxyl groups excluding tert-OH is 1. The number of carbonyl (C=O) groups excluding carboxylic acids is 4. The Morgan fingerprint density at radius 2 is 0.442 bits per heavy atom. The van der Waals surface area contributed by atoms with Crippen molar-refractivity contribution in [2.24, 2.45) is 5.92 Å². The van der Waals surface area contributed by atoms with Crippen LogP contribution in [0.1, 0.15) is 458 Å². The second-order valence-corrected chi connectivity index (χ2v) is 34.0. The van der Waals surface area contributed by atoms with E-state index in [9.17, 15) is 43.2 Å². The van der Waals surface area contributed by atoms with Gasteiger partial charge in [0.15, 0.2) is 12.2 Å². The first-order valence-electron chi connectivity index (χ1n) is 44.1. The van der Waals surface area contributed by atoms with E-state index < -0.39 is 97.5 Å². The van der Waals surface area contributed by atoms with E-state index >= 15 is 0 Å². The highest BCUT2D eigenvalue weighted by Crippen LogP contribution is 2.45. The molecule has 0 spiro atoms. The molecule has 0 aromatic heterocycles. The molecule has 0 fully saturated rings. The Hall–Kier alpha value is -1.94. The van der Waals surface area contributed by atoms with Gasteiger partial charge in [0.1, 0.15) is 19.3 Å². The summed E-state index contributed by atoms with van der Waals surface area (Å²) in [5, 5.41) is 10.7. The first kappa shape index (κ1) is 102. The Balaban J connectivity index is 5.24. The lowest BCUT2D eigenvalue weighted by atomic mass is 10.0. The summed E-state index contributed by atoms with van der Waals surface area (Å²) in [4.78, 5) is 73.2. The molecule has 618 valence electrons. The van der Waals surface area contributed by atoms with Gasteiger partial charge in [-0.05, 0) is 31.6 Å². The number of phosphoric ester groups is 2. The molecule has 19 heteroatoms. The second-order valence-electron chi connectivity index (χ2n) is 31.1. The van der Waals surface area contributed by atoms with Gasteiger partial charge in [0.2, 0.25) is 0 Å². The zero-order chi connectivity index (χ0) is 76.2. The van der Waals surface area contributed by atoms with Crippen molar-refractivity contribution in [3.05, 3.63) is 0 Å². The zero-order valence-electron chi connectivity index (χ0n) is 68.2. The molecule has 0 heterocycles. The predicted molar refractivity (Wildman–Crippen MR) is 428 cm³/mol. The molecular weight excluding hydrogens is 1350 g/mol. The summed E-state index contributed by atoms with van der Waals surface area (Å²) in [5.74, 6) is -1.29. The number of ether oxygens (including phenoxy) is 4. The molecule has 0 rings (SSSR count). The smallest absolute Gasteiger partial charge is 0.462 e. The molecule has 2 unspecified atom stereocenters. The minimum atomic E-state index is -4.96. The fraction of sp³-hybridized carbons (Fsp3) is 0.953. The number of carbonyl (C=O) groups is 4. The standard InChI is InChI=1S/C85H166O17P2/c1-6-9-12-15-18-21-24-27-28-29-30-31-35-40-44-49-54-59-64-69-83(88)96-75-81(102-85(90)71-66-61-56-51-46-41-36-33-32-34-39-42-47-52-57-62-67-78(4)5)77-100-104(93,94)98-73-79(86)72-97-103(91,92)99-76-80(101-84(89)70-65-60-55-50-45-38-26-23-20-17-14-11-8-3)74-95-82(87)68-63-58-53-48-43-37-25-22-19-16-13-10-7-2/h78-81,86H,6-77H2,1-5H3,(H,91,92)(H,93,94)/t79-,80+,81+/m0/s1. The van der Waals surface area contributed by atoms with Crippen LogP contribution >= 0.6 is 15.6 Å². The molecule has 0 aliphatic carbocycles. The largest absolute Gasteiger partial charge is 0.472 e. The van der Waals surface area contributed by atoms with Gasteiger partial charge < -0.3 is 33.8 Å². The molecule has 0 aliphatic heterocycles. The van der Waals surface area contributed by atoms with Gasteiger partial charge in [-0.3, -0.25) is 37.3 Å². The summed E-state index contributed by atoms with van der Waals surface area (Å²) in [7, 11) is -9.92. The molecule has 3 N–H and O–H groups in total. The van der Waals surface area contributed by atoms with Crippen LogP contribution in [0.15, 0.2) is 0 Å². The fourth-order valence-corrected chi connectivity index (χ4v) is 14.9. The lowest BCUT2D eigenvalue weighted by Crippen LogP contribution is -2.30. The van der Waals surface area contributed by atoms with Gasteiger partial charge in [-0.25, -0.2) is 9.13 Å². The van der Waals surface area contributed by atoms with Crippen molar-refractivity contribution in [2.45, 2.75) is 477 Å². The van der Waals surface area contributed by atoms with Crippen LogP contribution in [0.25, 0.3) is 0 Å². The van der Waals surface area contributed by atoms with Crippen molar-refractivity contribution in [1.29, 1.82) is 0 Å². The molecule has 0 radical (unpaired) electrons. The van der Waals surface area contributed by atoms with E-state index in [1.807, 2.05) is 0 Å². The first-order valence-corrected chi connectivity index (χ1v) is 47.1. The molecule has 5 atom stereocenters. The molecule has 0 amide bonds. The molecule has 0 saturated carbocycles.